The molecule has 1 unspecified atom stereocenters. The van der Waals surface area contributed by atoms with Gasteiger partial charge in [-0.15, -0.1) is 11.3 Å². The highest BCUT2D eigenvalue weighted by Gasteiger charge is 2.18. The van der Waals surface area contributed by atoms with Crippen molar-refractivity contribution >= 4 is 28.6 Å². The van der Waals surface area contributed by atoms with Crippen LogP contribution in [-0.2, 0) is 4.79 Å². The third-order valence-electron chi connectivity index (χ3n) is 4.61. The van der Waals surface area contributed by atoms with E-state index in [1.807, 2.05) is 41.8 Å². The minimum atomic E-state index is -0.727. The molecule has 0 bridgehead atoms. The Balaban J connectivity index is 1.76. The van der Waals surface area contributed by atoms with Gasteiger partial charge in [0.15, 0.2) is 0 Å². The van der Waals surface area contributed by atoms with Gasteiger partial charge in [0.25, 0.3) is 5.56 Å². The van der Waals surface area contributed by atoms with Crippen LogP contribution in [0.3, 0.4) is 0 Å². The highest BCUT2D eigenvalue weighted by molar-refractivity contribution is 7.13. The Morgan fingerprint density at radius 3 is 2.46 bits per heavy atom. The van der Waals surface area contributed by atoms with Gasteiger partial charge in [0.1, 0.15) is 11.7 Å². The molecule has 28 heavy (non-hydrogen) atoms. The molecule has 3 aromatic rings. The van der Waals surface area contributed by atoms with E-state index in [9.17, 15) is 9.59 Å². The van der Waals surface area contributed by atoms with Crippen LogP contribution in [0.2, 0.25) is 0 Å². The molecule has 0 aliphatic rings. The molecule has 0 saturated heterocycles. The van der Waals surface area contributed by atoms with Gasteiger partial charge in [-0.25, -0.2) is 4.68 Å². The zero-order chi connectivity index (χ0) is 20.1. The van der Waals surface area contributed by atoms with Crippen LogP contribution in [0.15, 0.2) is 58.7 Å². The van der Waals surface area contributed by atoms with Crippen molar-refractivity contribution in [3.05, 3.63) is 64.3 Å². The van der Waals surface area contributed by atoms with E-state index < -0.39 is 6.04 Å². The van der Waals surface area contributed by atoms with Crippen LogP contribution in [0, 0.1) is 0 Å². The fourth-order valence-electron chi connectivity index (χ4n) is 2.96. The summed E-state index contributed by atoms with van der Waals surface area (Å²) in [6.45, 7) is 7.74. The Labute approximate surface area is 168 Å². The summed E-state index contributed by atoms with van der Waals surface area (Å²) in [4.78, 5) is 28.1. The molecule has 0 aliphatic heterocycles. The summed E-state index contributed by atoms with van der Waals surface area (Å²) in [5.74, 6) is -0.284. The van der Waals surface area contributed by atoms with Crippen molar-refractivity contribution < 1.29 is 4.79 Å². The summed E-state index contributed by atoms with van der Waals surface area (Å²) in [6.07, 6.45) is 0. The maximum atomic E-state index is 12.7. The zero-order valence-corrected chi connectivity index (χ0v) is 17.1. The van der Waals surface area contributed by atoms with Gasteiger partial charge >= 0.3 is 0 Å². The summed E-state index contributed by atoms with van der Waals surface area (Å²) in [5, 5.41) is 9.20. The standard InChI is InChI=1S/C21H24N4O2S/c1-4-24(5-2)17-10-8-16(9-11-17)22-21(27)15(3)25-20(26)13-12-18(23-25)19-7-6-14-28-19/h6-15H,4-5H2,1-3H3,(H,22,27). The molecular formula is C21H24N4O2S. The number of benzene rings is 1. The maximum Gasteiger partial charge on any atom is 0.267 e. The average molecular weight is 397 g/mol. The van der Waals surface area contributed by atoms with Gasteiger partial charge in [-0.1, -0.05) is 6.07 Å². The smallest absolute Gasteiger partial charge is 0.267 e. The lowest BCUT2D eigenvalue weighted by Gasteiger charge is -2.21. The SMILES string of the molecule is CCN(CC)c1ccc(NC(=O)C(C)n2nc(-c3cccs3)ccc2=O)cc1. The first-order chi connectivity index (χ1) is 13.5. The van der Waals surface area contributed by atoms with Crippen LogP contribution in [0.4, 0.5) is 11.4 Å². The Morgan fingerprint density at radius 1 is 1.14 bits per heavy atom. The number of carbonyl (C=O) groups is 1. The summed E-state index contributed by atoms with van der Waals surface area (Å²) in [7, 11) is 0. The van der Waals surface area contributed by atoms with E-state index >= 15 is 0 Å². The predicted octanol–water partition coefficient (Wildman–Crippen LogP) is 4.02. The minimum Gasteiger partial charge on any atom is -0.372 e. The molecule has 1 aromatic carbocycles. The Hall–Kier alpha value is -2.93. The van der Waals surface area contributed by atoms with E-state index in [1.54, 1.807) is 13.0 Å². The van der Waals surface area contributed by atoms with Gasteiger partial charge in [-0.2, -0.15) is 5.10 Å². The number of hydrogen-bond donors (Lipinski definition) is 1. The Kier molecular flexibility index (Phi) is 6.26. The normalized spacial score (nSPS) is 11.8. The van der Waals surface area contributed by atoms with Crippen LogP contribution in [-0.4, -0.2) is 28.8 Å². The highest BCUT2D eigenvalue weighted by Crippen LogP contribution is 2.22. The first-order valence-corrected chi connectivity index (χ1v) is 10.2. The van der Waals surface area contributed by atoms with Gasteiger partial charge in [-0.05, 0) is 62.5 Å². The molecule has 0 saturated carbocycles. The van der Waals surface area contributed by atoms with Crippen LogP contribution < -0.4 is 15.8 Å². The minimum absolute atomic E-state index is 0.284. The Bertz CT molecular complexity index is 976. The molecule has 146 valence electrons. The molecule has 2 aromatic heterocycles. The van der Waals surface area contributed by atoms with Crippen LogP contribution in [0.25, 0.3) is 10.6 Å². The second-order valence-electron chi connectivity index (χ2n) is 6.36. The molecule has 1 N–H and O–H groups in total. The monoisotopic (exact) mass is 396 g/mol. The van der Waals surface area contributed by atoms with Crippen molar-refractivity contribution in [2.45, 2.75) is 26.8 Å². The van der Waals surface area contributed by atoms with Crippen molar-refractivity contribution in [2.24, 2.45) is 0 Å². The molecule has 0 aliphatic carbocycles. The van der Waals surface area contributed by atoms with Crippen molar-refractivity contribution in [3.63, 3.8) is 0 Å². The lowest BCUT2D eigenvalue weighted by atomic mass is 10.2. The van der Waals surface area contributed by atoms with E-state index in [2.05, 4.69) is 29.2 Å². The second-order valence-corrected chi connectivity index (χ2v) is 7.31. The van der Waals surface area contributed by atoms with Crippen LogP contribution in [0.1, 0.15) is 26.8 Å². The maximum absolute atomic E-state index is 12.7. The molecule has 0 spiro atoms. The van der Waals surface area contributed by atoms with Gasteiger partial charge < -0.3 is 10.2 Å². The molecule has 1 amide bonds. The second kappa shape index (κ2) is 8.84. The number of nitrogens with zero attached hydrogens (tertiary/aromatic N) is 3. The van der Waals surface area contributed by atoms with E-state index in [0.29, 0.717) is 11.4 Å². The lowest BCUT2D eigenvalue weighted by Crippen LogP contribution is -2.33. The van der Waals surface area contributed by atoms with Gasteiger partial charge in [0.2, 0.25) is 5.91 Å². The molecule has 0 radical (unpaired) electrons. The summed E-state index contributed by atoms with van der Waals surface area (Å²) < 4.78 is 1.23. The number of thiophene rings is 1. The van der Waals surface area contributed by atoms with Crippen molar-refractivity contribution in [1.29, 1.82) is 0 Å². The third-order valence-corrected chi connectivity index (χ3v) is 5.50. The number of nitrogens with one attached hydrogen (secondary N) is 1. The highest BCUT2D eigenvalue weighted by atomic mass is 32.1. The fraction of sp³-hybridized carbons (Fsp3) is 0.286. The Morgan fingerprint density at radius 2 is 1.86 bits per heavy atom. The molecule has 0 fully saturated rings. The zero-order valence-electron chi connectivity index (χ0n) is 16.3. The summed E-state index contributed by atoms with van der Waals surface area (Å²) in [6, 6.07) is 14.0. The van der Waals surface area contributed by atoms with Gasteiger partial charge in [0, 0.05) is 30.5 Å². The number of aromatic nitrogens is 2. The van der Waals surface area contributed by atoms with Gasteiger partial charge in [0.05, 0.1) is 4.88 Å². The van der Waals surface area contributed by atoms with Crippen LogP contribution >= 0.6 is 11.3 Å². The largest absolute Gasteiger partial charge is 0.372 e. The first-order valence-electron chi connectivity index (χ1n) is 9.33. The van der Waals surface area contributed by atoms with Crippen molar-refractivity contribution in [3.8, 4) is 10.6 Å². The van der Waals surface area contributed by atoms with E-state index in [1.165, 1.54) is 22.1 Å². The lowest BCUT2D eigenvalue weighted by molar-refractivity contribution is -0.119. The predicted molar refractivity (Wildman–Crippen MR) is 115 cm³/mol. The first kappa shape index (κ1) is 19.8. The molecule has 1 atom stereocenters. The van der Waals surface area contributed by atoms with Crippen molar-refractivity contribution in [1.82, 2.24) is 9.78 Å². The summed E-state index contributed by atoms with van der Waals surface area (Å²) in [5.41, 5.74) is 2.17. The average Bonchev–Trinajstić information content (AvgIpc) is 3.25. The number of anilines is 2. The number of carbonyl (C=O) groups excluding carboxylic acids is 1. The number of hydrogen-bond acceptors (Lipinski definition) is 5. The van der Waals surface area contributed by atoms with Crippen molar-refractivity contribution in [2.75, 3.05) is 23.3 Å². The van der Waals surface area contributed by atoms with E-state index in [0.717, 1.165) is 23.7 Å². The molecule has 2 heterocycles. The quantitative estimate of drug-likeness (QED) is 0.655. The van der Waals surface area contributed by atoms with Gasteiger partial charge in [-0.3, -0.25) is 9.59 Å². The molecule has 7 heteroatoms. The molecule has 6 nitrogen and oxygen atoms in total. The molecular weight excluding hydrogens is 372 g/mol. The molecule has 3 rings (SSSR count). The fourth-order valence-corrected chi connectivity index (χ4v) is 3.65. The van der Waals surface area contributed by atoms with Crippen LogP contribution in [0.5, 0.6) is 0 Å². The third kappa shape index (κ3) is 4.31. The summed E-state index contributed by atoms with van der Waals surface area (Å²) >= 11 is 1.54. The number of rotatable bonds is 7. The van der Waals surface area contributed by atoms with E-state index in [-0.39, 0.29) is 11.5 Å². The topological polar surface area (TPSA) is 67.2 Å². The van der Waals surface area contributed by atoms with E-state index in [4.69, 9.17) is 0 Å². The number of amides is 1.